The van der Waals surface area contributed by atoms with E-state index >= 15 is 0 Å². The van der Waals surface area contributed by atoms with Gasteiger partial charge in [0.15, 0.2) is 0 Å². The van der Waals surface area contributed by atoms with E-state index in [0.29, 0.717) is 11.3 Å². The van der Waals surface area contributed by atoms with Crippen LogP contribution < -0.4 is 5.32 Å². The summed E-state index contributed by atoms with van der Waals surface area (Å²) >= 11 is 1.89. The second-order valence-corrected chi connectivity index (χ2v) is 7.52. The van der Waals surface area contributed by atoms with Crippen molar-refractivity contribution < 1.29 is 9.53 Å². The monoisotopic (exact) mass is 305 g/mol. The average molecular weight is 305 g/mol. The predicted octanol–water partition coefficient (Wildman–Crippen LogP) is 3.39. The molecule has 0 radical (unpaired) electrons. The van der Waals surface area contributed by atoms with Crippen LogP contribution in [0.25, 0.3) is 0 Å². The van der Waals surface area contributed by atoms with Crippen LogP contribution >= 0.6 is 11.8 Å². The van der Waals surface area contributed by atoms with Crippen molar-refractivity contribution in [2.45, 2.75) is 60.3 Å². The number of carbonyl (C=O) groups excluding carboxylic acids is 1. The first-order valence-electron chi connectivity index (χ1n) is 7.80. The average Bonchev–Trinajstić information content (AvgIpc) is 3.31. The van der Waals surface area contributed by atoms with E-state index in [-0.39, 0.29) is 5.97 Å². The van der Waals surface area contributed by atoms with Crippen LogP contribution in [0.15, 0.2) is 35.2 Å². The number of hydrogen-bond donors (Lipinski definition) is 1. The van der Waals surface area contributed by atoms with Crippen LogP contribution in [0.4, 0.5) is 0 Å². The summed E-state index contributed by atoms with van der Waals surface area (Å²) in [5.74, 6) is -0.0761. The van der Waals surface area contributed by atoms with Crippen molar-refractivity contribution in [2.75, 3.05) is 7.11 Å². The molecule has 0 aliphatic heterocycles. The lowest BCUT2D eigenvalue weighted by Gasteiger charge is -2.39. The van der Waals surface area contributed by atoms with Crippen LogP contribution in [-0.4, -0.2) is 29.9 Å². The van der Waals surface area contributed by atoms with E-state index in [2.05, 4.69) is 29.6 Å². The molecule has 2 unspecified atom stereocenters. The summed E-state index contributed by atoms with van der Waals surface area (Å²) < 4.78 is 5.11. The van der Waals surface area contributed by atoms with Crippen LogP contribution in [0.5, 0.6) is 0 Å². The molecular formula is C17H23NO2S. The van der Waals surface area contributed by atoms with Gasteiger partial charge >= 0.3 is 5.97 Å². The topological polar surface area (TPSA) is 38.3 Å². The molecule has 0 saturated heterocycles. The van der Waals surface area contributed by atoms with Gasteiger partial charge in [-0.15, -0.1) is 11.8 Å². The molecule has 0 bridgehead atoms. The zero-order chi connectivity index (χ0) is 14.7. The van der Waals surface area contributed by atoms with Crippen molar-refractivity contribution in [3.8, 4) is 0 Å². The van der Waals surface area contributed by atoms with Crippen molar-refractivity contribution in [3.05, 3.63) is 30.3 Å². The molecule has 0 heterocycles. The van der Waals surface area contributed by atoms with E-state index in [1.54, 1.807) is 0 Å². The number of hydrogen-bond acceptors (Lipinski definition) is 4. The quantitative estimate of drug-likeness (QED) is 0.846. The lowest BCUT2D eigenvalue weighted by Crippen LogP contribution is -2.56. The molecule has 2 aliphatic carbocycles. The second kappa shape index (κ2) is 6.41. The van der Waals surface area contributed by atoms with Gasteiger partial charge in [-0.1, -0.05) is 18.2 Å². The third kappa shape index (κ3) is 3.61. The number of methoxy groups -OCH3 is 1. The van der Waals surface area contributed by atoms with Gasteiger partial charge in [-0.2, -0.15) is 0 Å². The maximum atomic E-state index is 12.4. The summed E-state index contributed by atoms with van der Waals surface area (Å²) in [6.07, 6.45) is 6.41. The summed E-state index contributed by atoms with van der Waals surface area (Å²) in [6.45, 7) is 0. The minimum Gasteiger partial charge on any atom is -0.468 e. The Kier molecular flexibility index (Phi) is 4.55. The van der Waals surface area contributed by atoms with Crippen LogP contribution in [0, 0.1) is 0 Å². The number of ether oxygens (including phenoxy) is 1. The van der Waals surface area contributed by atoms with Crippen molar-refractivity contribution in [3.63, 3.8) is 0 Å². The Morgan fingerprint density at radius 2 is 2.05 bits per heavy atom. The fourth-order valence-corrected chi connectivity index (χ4v) is 4.56. The first kappa shape index (κ1) is 14.9. The zero-order valence-electron chi connectivity index (χ0n) is 12.5. The standard InChI is InChI=1S/C17H23NO2S/c1-20-16(19)17(18-13-9-10-13)11-5-8-15(12-17)21-14-6-3-2-4-7-14/h2-4,6-7,13,15,18H,5,8-12H2,1H3. The number of nitrogens with one attached hydrogen (secondary N) is 1. The molecule has 1 N–H and O–H groups in total. The largest absolute Gasteiger partial charge is 0.468 e. The molecular weight excluding hydrogens is 282 g/mol. The Hall–Kier alpha value is -1.00. The highest BCUT2D eigenvalue weighted by Gasteiger charge is 2.46. The van der Waals surface area contributed by atoms with E-state index in [1.165, 1.54) is 31.3 Å². The summed E-state index contributed by atoms with van der Waals surface area (Å²) in [5.41, 5.74) is -0.458. The second-order valence-electron chi connectivity index (χ2n) is 6.14. The predicted molar refractivity (Wildman–Crippen MR) is 85.5 cm³/mol. The molecule has 2 aliphatic rings. The van der Waals surface area contributed by atoms with Gasteiger partial charge in [-0.25, -0.2) is 0 Å². The molecule has 21 heavy (non-hydrogen) atoms. The van der Waals surface area contributed by atoms with Crippen LogP contribution in [-0.2, 0) is 9.53 Å². The molecule has 2 atom stereocenters. The first-order valence-corrected chi connectivity index (χ1v) is 8.68. The molecule has 3 rings (SSSR count). The fraction of sp³-hybridized carbons (Fsp3) is 0.588. The van der Waals surface area contributed by atoms with Crippen LogP contribution in [0.2, 0.25) is 0 Å². The highest BCUT2D eigenvalue weighted by molar-refractivity contribution is 8.00. The summed E-state index contributed by atoms with van der Waals surface area (Å²) in [4.78, 5) is 13.6. The van der Waals surface area contributed by atoms with Gasteiger partial charge in [0.2, 0.25) is 0 Å². The summed E-state index contributed by atoms with van der Waals surface area (Å²) in [5, 5.41) is 4.06. The SMILES string of the molecule is COC(=O)C1(NC2CC2)CCCC(Sc2ccccc2)C1. The van der Waals surface area contributed by atoms with Crippen molar-refractivity contribution in [1.82, 2.24) is 5.32 Å². The Morgan fingerprint density at radius 1 is 1.29 bits per heavy atom. The Morgan fingerprint density at radius 3 is 2.71 bits per heavy atom. The zero-order valence-corrected chi connectivity index (χ0v) is 13.3. The van der Waals surface area contributed by atoms with Gasteiger partial charge in [0.1, 0.15) is 5.54 Å². The smallest absolute Gasteiger partial charge is 0.326 e. The van der Waals surface area contributed by atoms with Gasteiger partial charge in [0.25, 0.3) is 0 Å². The fourth-order valence-electron chi connectivity index (χ4n) is 3.21. The third-order valence-corrected chi connectivity index (χ3v) is 5.67. The number of benzene rings is 1. The number of thioether (sulfide) groups is 1. The van der Waals surface area contributed by atoms with Crippen molar-refractivity contribution >= 4 is 17.7 Å². The molecule has 114 valence electrons. The first-order chi connectivity index (χ1) is 10.2. The normalized spacial score (nSPS) is 29.1. The molecule has 2 saturated carbocycles. The molecule has 1 aromatic carbocycles. The van der Waals surface area contributed by atoms with E-state index in [1.807, 2.05) is 17.8 Å². The maximum Gasteiger partial charge on any atom is 0.326 e. The van der Waals surface area contributed by atoms with E-state index in [4.69, 9.17) is 4.74 Å². The lowest BCUT2D eigenvalue weighted by molar-refractivity contribution is -0.150. The third-order valence-electron chi connectivity index (χ3n) is 4.39. The van der Waals surface area contributed by atoms with Gasteiger partial charge in [-0.05, 0) is 50.7 Å². The Labute approximate surface area is 130 Å². The molecule has 1 aromatic rings. The highest BCUT2D eigenvalue weighted by Crippen LogP contribution is 2.40. The van der Waals surface area contributed by atoms with Gasteiger partial charge < -0.3 is 4.74 Å². The summed E-state index contributed by atoms with van der Waals surface area (Å²) in [7, 11) is 1.51. The van der Waals surface area contributed by atoms with Gasteiger partial charge in [-0.3, -0.25) is 10.1 Å². The van der Waals surface area contributed by atoms with E-state index < -0.39 is 5.54 Å². The maximum absolute atomic E-state index is 12.4. The number of rotatable bonds is 5. The molecule has 0 amide bonds. The van der Waals surface area contributed by atoms with Crippen molar-refractivity contribution in [2.24, 2.45) is 0 Å². The van der Waals surface area contributed by atoms with Crippen LogP contribution in [0.1, 0.15) is 38.5 Å². The number of carbonyl (C=O) groups is 1. The van der Waals surface area contributed by atoms with Gasteiger partial charge in [0, 0.05) is 16.2 Å². The Bertz CT molecular complexity index is 489. The molecule has 3 nitrogen and oxygen atoms in total. The number of esters is 1. The van der Waals surface area contributed by atoms with Crippen LogP contribution in [0.3, 0.4) is 0 Å². The minimum absolute atomic E-state index is 0.0761. The molecule has 0 spiro atoms. The molecule has 0 aromatic heterocycles. The van der Waals surface area contributed by atoms with E-state index in [9.17, 15) is 4.79 Å². The highest BCUT2D eigenvalue weighted by atomic mass is 32.2. The minimum atomic E-state index is -0.458. The van der Waals surface area contributed by atoms with E-state index in [0.717, 1.165) is 19.3 Å². The molecule has 4 heteroatoms. The Balaban J connectivity index is 1.70. The summed E-state index contributed by atoms with van der Waals surface area (Å²) in [6, 6.07) is 11.0. The molecule has 2 fully saturated rings. The van der Waals surface area contributed by atoms with Crippen molar-refractivity contribution in [1.29, 1.82) is 0 Å². The lowest BCUT2D eigenvalue weighted by atomic mass is 9.81. The van der Waals surface area contributed by atoms with Gasteiger partial charge in [0.05, 0.1) is 7.11 Å².